The molecule has 0 saturated carbocycles. The molecular formula is C11H18N2O2. The van der Waals surface area contributed by atoms with Crippen LogP contribution >= 0.6 is 0 Å². The first-order valence-corrected chi connectivity index (χ1v) is 5.49. The summed E-state index contributed by atoms with van der Waals surface area (Å²) in [5.41, 5.74) is 5.64. The van der Waals surface area contributed by atoms with Crippen molar-refractivity contribution in [2.45, 2.75) is 25.3 Å². The van der Waals surface area contributed by atoms with Gasteiger partial charge >= 0.3 is 0 Å². The molecule has 0 aromatic carbocycles. The maximum absolute atomic E-state index is 8.84. The van der Waals surface area contributed by atoms with Crippen molar-refractivity contribution >= 4 is 5.88 Å². The fourth-order valence-electron chi connectivity index (χ4n) is 1.91. The number of anilines is 1. The number of hydrogen-bond donors (Lipinski definition) is 2. The summed E-state index contributed by atoms with van der Waals surface area (Å²) in [4.78, 5) is 2.24. The van der Waals surface area contributed by atoms with Crippen LogP contribution in [0.15, 0.2) is 16.5 Å². The van der Waals surface area contributed by atoms with Gasteiger partial charge in [0.05, 0.1) is 6.61 Å². The Bertz CT molecular complexity index is 305. The number of aliphatic hydroxyl groups is 1. The molecule has 4 heteroatoms. The highest BCUT2D eigenvalue weighted by Crippen LogP contribution is 2.23. The fraction of sp³-hybridized carbons (Fsp3) is 0.636. The third kappa shape index (κ3) is 2.52. The molecule has 1 unspecified atom stereocenters. The molecule has 0 radical (unpaired) electrons. The Labute approximate surface area is 89.7 Å². The zero-order chi connectivity index (χ0) is 10.7. The average Bonchev–Trinajstić information content (AvgIpc) is 2.85. The molecule has 0 bridgehead atoms. The van der Waals surface area contributed by atoms with Gasteiger partial charge < -0.3 is 20.2 Å². The maximum atomic E-state index is 8.84. The molecule has 0 spiro atoms. The Balaban J connectivity index is 1.97. The topological polar surface area (TPSA) is 62.6 Å². The molecule has 1 aromatic rings. The number of hydrogen-bond acceptors (Lipinski definition) is 4. The van der Waals surface area contributed by atoms with E-state index in [1.54, 1.807) is 0 Å². The molecule has 84 valence electrons. The summed E-state index contributed by atoms with van der Waals surface area (Å²) < 4.78 is 5.67. The molecular weight excluding hydrogens is 192 g/mol. The maximum Gasteiger partial charge on any atom is 0.195 e. The van der Waals surface area contributed by atoms with Gasteiger partial charge in [0.2, 0.25) is 0 Å². The van der Waals surface area contributed by atoms with Crippen LogP contribution in [0.5, 0.6) is 0 Å². The Morgan fingerprint density at radius 1 is 1.40 bits per heavy atom. The third-order valence-corrected chi connectivity index (χ3v) is 2.76. The van der Waals surface area contributed by atoms with E-state index in [4.69, 9.17) is 15.3 Å². The Morgan fingerprint density at radius 2 is 2.13 bits per heavy atom. The first-order valence-electron chi connectivity index (χ1n) is 5.49. The molecule has 15 heavy (non-hydrogen) atoms. The summed E-state index contributed by atoms with van der Waals surface area (Å²) in [7, 11) is 0. The summed E-state index contributed by atoms with van der Waals surface area (Å²) in [6.07, 6.45) is 3.09. The van der Waals surface area contributed by atoms with Gasteiger partial charge in [0.25, 0.3) is 0 Å². The van der Waals surface area contributed by atoms with Gasteiger partial charge in [-0.05, 0) is 18.9 Å². The van der Waals surface area contributed by atoms with Crippen LogP contribution in [0.1, 0.15) is 18.6 Å². The highest BCUT2D eigenvalue weighted by Gasteiger charge is 2.16. The number of nitrogens with zero attached hydrogens (tertiary/aromatic N) is 1. The average molecular weight is 210 g/mol. The zero-order valence-electron chi connectivity index (χ0n) is 8.85. The third-order valence-electron chi connectivity index (χ3n) is 2.76. The molecule has 1 aliphatic heterocycles. The van der Waals surface area contributed by atoms with E-state index in [0.29, 0.717) is 6.42 Å². The Morgan fingerprint density at radius 3 is 2.80 bits per heavy atom. The van der Waals surface area contributed by atoms with Crippen LogP contribution in [0, 0.1) is 0 Å². The van der Waals surface area contributed by atoms with Crippen LogP contribution in [-0.4, -0.2) is 30.8 Å². The molecule has 1 saturated heterocycles. The molecule has 3 N–H and O–H groups in total. The van der Waals surface area contributed by atoms with Crippen molar-refractivity contribution < 1.29 is 9.52 Å². The first kappa shape index (κ1) is 10.5. The normalized spacial score (nSPS) is 18.4. The lowest BCUT2D eigenvalue weighted by Gasteiger charge is -2.13. The van der Waals surface area contributed by atoms with Gasteiger partial charge in [-0.1, -0.05) is 0 Å². The summed E-state index contributed by atoms with van der Waals surface area (Å²) in [5, 5.41) is 8.84. The van der Waals surface area contributed by atoms with Crippen molar-refractivity contribution in [1.82, 2.24) is 0 Å². The minimum absolute atomic E-state index is 0.000250. The van der Waals surface area contributed by atoms with E-state index in [1.165, 1.54) is 12.8 Å². The van der Waals surface area contributed by atoms with Crippen molar-refractivity contribution in [2.75, 3.05) is 24.6 Å². The molecule has 1 atom stereocenters. The van der Waals surface area contributed by atoms with Crippen LogP contribution in [0.25, 0.3) is 0 Å². The lowest BCUT2D eigenvalue weighted by atomic mass is 10.2. The first-order chi connectivity index (χ1) is 7.29. The smallest absolute Gasteiger partial charge is 0.195 e. The summed E-state index contributed by atoms with van der Waals surface area (Å²) in [5.74, 6) is 1.80. The molecule has 2 rings (SSSR count). The Hall–Kier alpha value is -1.00. The summed E-state index contributed by atoms with van der Waals surface area (Å²) >= 11 is 0. The van der Waals surface area contributed by atoms with E-state index in [0.717, 1.165) is 24.7 Å². The number of furan rings is 1. The molecule has 0 amide bonds. The van der Waals surface area contributed by atoms with Crippen LogP contribution in [0.4, 0.5) is 5.88 Å². The molecule has 1 aromatic heterocycles. The van der Waals surface area contributed by atoms with Crippen molar-refractivity contribution in [3.8, 4) is 0 Å². The second-order valence-electron chi connectivity index (χ2n) is 4.08. The minimum Gasteiger partial charge on any atom is -0.446 e. The van der Waals surface area contributed by atoms with Crippen LogP contribution in [-0.2, 0) is 6.42 Å². The number of aliphatic hydroxyl groups excluding tert-OH is 1. The number of rotatable bonds is 4. The van der Waals surface area contributed by atoms with E-state index in [9.17, 15) is 0 Å². The van der Waals surface area contributed by atoms with Gasteiger partial charge in [-0.2, -0.15) is 0 Å². The van der Waals surface area contributed by atoms with Gasteiger partial charge in [0.15, 0.2) is 5.88 Å². The second kappa shape index (κ2) is 4.68. The van der Waals surface area contributed by atoms with Gasteiger partial charge in [0, 0.05) is 31.6 Å². The monoisotopic (exact) mass is 210 g/mol. The second-order valence-corrected chi connectivity index (χ2v) is 4.08. The molecule has 1 aliphatic rings. The van der Waals surface area contributed by atoms with E-state index in [1.807, 2.05) is 12.1 Å². The zero-order valence-corrected chi connectivity index (χ0v) is 8.85. The largest absolute Gasteiger partial charge is 0.446 e. The van der Waals surface area contributed by atoms with Crippen LogP contribution in [0.3, 0.4) is 0 Å². The lowest BCUT2D eigenvalue weighted by Crippen LogP contribution is -2.26. The predicted octanol–water partition coefficient (Wildman–Crippen LogP) is 0.742. The van der Waals surface area contributed by atoms with Crippen LogP contribution < -0.4 is 10.6 Å². The van der Waals surface area contributed by atoms with E-state index < -0.39 is 0 Å². The Kier molecular flexibility index (Phi) is 3.28. The van der Waals surface area contributed by atoms with E-state index in [-0.39, 0.29) is 12.6 Å². The fourth-order valence-corrected chi connectivity index (χ4v) is 1.91. The highest BCUT2D eigenvalue weighted by atomic mass is 16.4. The van der Waals surface area contributed by atoms with Crippen molar-refractivity contribution in [3.63, 3.8) is 0 Å². The summed E-state index contributed by atoms with van der Waals surface area (Å²) in [6, 6.07) is 3.72. The van der Waals surface area contributed by atoms with Crippen molar-refractivity contribution in [3.05, 3.63) is 17.9 Å². The molecule has 0 aliphatic carbocycles. The summed E-state index contributed by atoms with van der Waals surface area (Å²) in [6.45, 7) is 2.16. The van der Waals surface area contributed by atoms with Crippen LogP contribution in [0.2, 0.25) is 0 Å². The van der Waals surface area contributed by atoms with Gasteiger partial charge in [-0.25, -0.2) is 0 Å². The quantitative estimate of drug-likeness (QED) is 0.769. The standard InChI is InChI=1S/C11H18N2O2/c12-9(8-14)7-10-3-4-11(15-10)13-5-1-2-6-13/h3-4,9,14H,1-2,5-8,12H2. The predicted molar refractivity (Wildman–Crippen MR) is 58.9 cm³/mol. The molecule has 1 fully saturated rings. The minimum atomic E-state index is -0.220. The van der Waals surface area contributed by atoms with Gasteiger partial charge in [-0.15, -0.1) is 0 Å². The van der Waals surface area contributed by atoms with Gasteiger partial charge in [0.1, 0.15) is 5.76 Å². The van der Waals surface area contributed by atoms with E-state index in [2.05, 4.69) is 4.90 Å². The van der Waals surface area contributed by atoms with Crippen molar-refractivity contribution in [1.29, 1.82) is 0 Å². The molecule has 4 nitrogen and oxygen atoms in total. The lowest BCUT2D eigenvalue weighted by molar-refractivity contribution is 0.260. The number of nitrogens with two attached hydrogens (primary N) is 1. The van der Waals surface area contributed by atoms with Crippen molar-refractivity contribution in [2.24, 2.45) is 5.73 Å². The highest BCUT2D eigenvalue weighted by molar-refractivity contribution is 5.37. The van der Waals surface area contributed by atoms with Gasteiger partial charge in [-0.3, -0.25) is 0 Å². The molecule has 2 heterocycles. The van der Waals surface area contributed by atoms with E-state index >= 15 is 0 Å². The SMILES string of the molecule is NC(CO)Cc1ccc(N2CCCC2)o1.